The number of nitro benzene ring substituents is 1. The Morgan fingerprint density at radius 2 is 1.95 bits per heavy atom. The molecule has 0 aromatic heterocycles. The van der Waals surface area contributed by atoms with Gasteiger partial charge in [0.15, 0.2) is 0 Å². The minimum Gasteiger partial charge on any atom is -0.394 e. The van der Waals surface area contributed by atoms with E-state index in [0.717, 1.165) is 25.9 Å². The lowest BCUT2D eigenvalue weighted by Gasteiger charge is -2.22. The van der Waals surface area contributed by atoms with E-state index in [1.54, 1.807) is 12.1 Å². The van der Waals surface area contributed by atoms with E-state index >= 15 is 0 Å². The minimum absolute atomic E-state index is 0.0744. The molecule has 0 radical (unpaired) electrons. The molecule has 1 fully saturated rings. The van der Waals surface area contributed by atoms with E-state index in [-0.39, 0.29) is 23.8 Å². The van der Waals surface area contributed by atoms with Crippen LogP contribution in [0, 0.1) is 10.1 Å². The number of rotatable bonds is 6. The molecule has 1 aromatic rings. The highest BCUT2D eigenvalue weighted by atomic mass is 16.6. The summed E-state index contributed by atoms with van der Waals surface area (Å²) in [7, 11) is 0. The van der Waals surface area contributed by atoms with Crippen LogP contribution in [0.15, 0.2) is 18.2 Å². The van der Waals surface area contributed by atoms with Crippen LogP contribution in [0.1, 0.15) is 25.7 Å². The second kappa shape index (κ2) is 7.95. The predicted octanol–water partition coefficient (Wildman–Crippen LogP) is 1.74. The molecule has 1 aliphatic rings. The molecule has 3 N–H and O–H groups in total. The molecule has 0 bridgehead atoms. The van der Waals surface area contributed by atoms with E-state index in [0.29, 0.717) is 11.4 Å². The highest BCUT2D eigenvalue weighted by molar-refractivity contribution is 5.69. The summed E-state index contributed by atoms with van der Waals surface area (Å²) in [5.41, 5.74) is 1.29. The van der Waals surface area contributed by atoms with Crippen LogP contribution in [0.2, 0.25) is 0 Å². The molecule has 1 saturated heterocycles. The molecule has 1 atom stereocenters. The molecular formula is C15H23N3O4. The summed E-state index contributed by atoms with van der Waals surface area (Å²) in [5.74, 6) is 0. The quantitative estimate of drug-likeness (QED) is 0.547. The smallest absolute Gasteiger partial charge is 0.294 e. The van der Waals surface area contributed by atoms with Crippen molar-refractivity contribution in [1.29, 1.82) is 0 Å². The van der Waals surface area contributed by atoms with Gasteiger partial charge in [0.25, 0.3) is 5.69 Å². The summed E-state index contributed by atoms with van der Waals surface area (Å²) in [5, 5.41) is 32.4. The Balaban J connectivity index is 2.17. The van der Waals surface area contributed by atoms with E-state index in [1.165, 1.54) is 18.9 Å². The molecular weight excluding hydrogens is 286 g/mol. The zero-order valence-corrected chi connectivity index (χ0v) is 12.6. The van der Waals surface area contributed by atoms with E-state index in [9.17, 15) is 15.2 Å². The van der Waals surface area contributed by atoms with Crippen LogP contribution in [-0.2, 0) is 0 Å². The summed E-state index contributed by atoms with van der Waals surface area (Å²) in [4.78, 5) is 13.1. The van der Waals surface area contributed by atoms with Crippen molar-refractivity contribution in [3.63, 3.8) is 0 Å². The molecule has 7 heteroatoms. The Labute approximate surface area is 129 Å². The molecule has 1 heterocycles. The van der Waals surface area contributed by atoms with Gasteiger partial charge in [0.1, 0.15) is 5.69 Å². The van der Waals surface area contributed by atoms with Crippen LogP contribution in [0.3, 0.4) is 0 Å². The van der Waals surface area contributed by atoms with Gasteiger partial charge < -0.3 is 20.4 Å². The van der Waals surface area contributed by atoms with E-state index in [2.05, 4.69) is 10.2 Å². The van der Waals surface area contributed by atoms with Gasteiger partial charge in [-0.3, -0.25) is 10.1 Å². The average molecular weight is 309 g/mol. The molecule has 0 saturated carbocycles. The number of aliphatic hydroxyl groups excluding tert-OH is 2. The van der Waals surface area contributed by atoms with Crippen molar-refractivity contribution in [2.75, 3.05) is 36.5 Å². The van der Waals surface area contributed by atoms with Crippen LogP contribution in [0.5, 0.6) is 0 Å². The summed E-state index contributed by atoms with van der Waals surface area (Å²) >= 11 is 0. The first-order valence-corrected chi connectivity index (χ1v) is 7.68. The van der Waals surface area contributed by atoms with E-state index in [4.69, 9.17) is 5.11 Å². The lowest BCUT2D eigenvalue weighted by Crippen LogP contribution is -2.25. The Bertz CT molecular complexity index is 502. The molecule has 122 valence electrons. The molecule has 22 heavy (non-hydrogen) atoms. The predicted molar refractivity (Wildman–Crippen MR) is 85.4 cm³/mol. The number of nitrogens with one attached hydrogen (secondary N) is 1. The van der Waals surface area contributed by atoms with Gasteiger partial charge in [-0.1, -0.05) is 12.8 Å². The van der Waals surface area contributed by atoms with Crippen LogP contribution in [0.25, 0.3) is 0 Å². The molecule has 0 amide bonds. The Morgan fingerprint density at radius 3 is 2.55 bits per heavy atom. The number of benzene rings is 1. The maximum atomic E-state index is 11.4. The molecule has 7 nitrogen and oxygen atoms in total. The average Bonchev–Trinajstić information content (AvgIpc) is 2.81. The molecule has 0 aliphatic carbocycles. The molecule has 1 aliphatic heterocycles. The lowest BCUT2D eigenvalue weighted by atomic mass is 10.2. The summed E-state index contributed by atoms with van der Waals surface area (Å²) in [6.45, 7) is 1.49. The van der Waals surface area contributed by atoms with Crippen LogP contribution in [0.4, 0.5) is 17.1 Å². The van der Waals surface area contributed by atoms with Gasteiger partial charge in [-0.25, -0.2) is 0 Å². The number of aliphatic hydroxyl groups is 2. The van der Waals surface area contributed by atoms with Gasteiger partial charge in [0, 0.05) is 31.4 Å². The Hall–Kier alpha value is -1.86. The molecule has 0 spiro atoms. The third kappa shape index (κ3) is 4.32. The molecule has 2 rings (SSSR count). The highest BCUT2D eigenvalue weighted by Crippen LogP contribution is 2.32. The van der Waals surface area contributed by atoms with Crippen molar-refractivity contribution in [2.45, 2.75) is 31.8 Å². The maximum Gasteiger partial charge on any atom is 0.294 e. The largest absolute Gasteiger partial charge is 0.394 e. The fraction of sp³-hybridized carbons (Fsp3) is 0.600. The molecule has 1 aromatic carbocycles. The van der Waals surface area contributed by atoms with Crippen molar-refractivity contribution in [3.8, 4) is 0 Å². The fourth-order valence-corrected chi connectivity index (χ4v) is 2.66. The lowest BCUT2D eigenvalue weighted by molar-refractivity contribution is -0.384. The van der Waals surface area contributed by atoms with Crippen molar-refractivity contribution in [1.82, 2.24) is 0 Å². The van der Waals surface area contributed by atoms with Gasteiger partial charge in [0.2, 0.25) is 0 Å². The first kappa shape index (κ1) is 16.5. The van der Waals surface area contributed by atoms with E-state index in [1.807, 2.05) is 0 Å². The van der Waals surface area contributed by atoms with Crippen molar-refractivity contribution >= 4 is 17.1 Å². The number of hydrogen-bond acceptors (Lipinski definition) is 6. The summed E-state index contributed by atoms with van der Waals surface area (Å²) in [6.07, 6.45) is 3.57. The van der Waals surface area contributed by atoms with Crippen LogP contribution in [-0.4, -0.2) is 47.5 Å². The van der Waals surface area contributed by atoms with Crippen molar-refractivity contribution in [3.05, 3.63) is 28.3 Å². The third-order valence-corrected chi connectivity index (χ3v) is 3.87. The fourth-order valence-electron chi connectivity index (χ4n) is 2.66. The van der Waals surface area contributed by atoms with Crippen molar-refractivity contribution in [2.24, 2.45) is 0 Å². The van der Waals surface area contributed by atoms with Gasteiger partial charge in [-0.05, 0) is 25.0 Å². The Kier molecular flexibility index (Phi) is 5.97. The monoisotopic (exact) mass is 309 g/mol. The molecule has 1 unspecified atom stereocenters. The van der Waals surface area contributed by atoms with E-state index < -0.39 is 6.10 Å². The second-order valence-electron chi connectivity index (χ2n) is 5.58. The number of nitro groups is 1. The zero-order valence-electron chi connectivity index (χ0n) is 12.6. The summed E-state index contributed by atoms with van der Waals surface area (Å²) in [6, 6.07) is 5.03. The van der Waals surface area contributed by atoms with Gasteiger partial charge >= 0.3 is 0 Å². The third-order valence-electron chi connectivity index (χ3n) is 3.87. The number of anilines is 2. The first-order chi connectivity index (χ1) is 10.6. The SMILES string of the molecule is O=[N+]([O-])c1cc(NCC(O)CO)ccc1N1CCCCCC1. The number of nitrogens with zero attached hydrogens (tertiary/aromatic N) is 2. The maximum absolute atomic E-state index is 11.4. The highest BCUT2D eigenvalue weighted by Gasteiger charge is 2.21. The van der Waals surface area contributed by atoms with Crippen LogP contribution < -0.4 is 10.2 Å². The second-order valence-corrected chi connectivity index (χ2v) is 5.58. The minimum atomic E-state index is -0.885. The topological polar surface area (TPSA) is 98.9 Å². The van der Waals surface area contributed by atoms with Gasteiger partial charge in [0.05, 0.1) is 17.6 Å². The normalized spacial score (nSPS) is 16.9. The van der Waals surface area contributed by atoms with Crippen molar-refractivity contribution < 1.29 is 15.1 Å². The zero-order chi connectivity index (χ0) is 15.9. The standard InChI is InChI=1S/C15H23N3O4/c19-11-13(20)10-16-12-5-6-14(15(9-12)18(21)22)17-7-3-1-2-4-8-17/h5-6,9,13,16,19-20H,1-4,7-8,10-11H2. The van der Waals surface area contributed by atoms with Gasteiger partial charge in [-0.2, -0.15) is 0 Å². The number of hydrogen-bond donors (Lipinski definition) is 3. The van der Waals surface area contributed by atoms with Crippen LogP contribution >= 0.6 is 0 Å². The van der Waals surface area contributed by atoms with Gasteiger partial charge in [-0.15, -0.1) is 0 Å². The first-order valence-electron chi connectivity index (χ1n) is 7.68. The summed E-state index contributed by atoms with van der Waals surface area (Å²) < 4.78 is 0. The Morgan fingerprint density at radius 1 is 1.27 bits per heavy atom.